The molecule has 14 nitrogen and oxygen atoms in total. The fraction of sp³-hybridized carbons (Fsp3) is 0.476. The smallest absolute Gasteiger partial charge is 0.407 e. The molecule has 14 heteroatoms. The molecule has 2 unspecified atom stereocenters. The number of carbonyl (C=O) groups is 4. The van der Waals surface area contributed by atoms with E-state index in [0.29, 0.717) is 11.8 Å². The number of carbonyl (C=O) groups excluding carboxylic acids is 4. The average molecular weight is 763 g/mol. The number of likely N-dealkylation sites (tertiary alicyclic amines) is 2. The summed E-state index contributed by atoms with van der Waals surface area (Å²) in [5.74, 6) is 2.01. The van der Waals surface area contributed by atoms with Crippen molar-refractivity contribution < 1.29 is 28.7 Å². The van der Waals surface area contributed by atoms with Crippen LogP contribution in [0.3, 0.4) is 0 Å². The minimum absolute atomic E-state index is 0.0971. The highest BCUT2D eigenvalue weighted by molar-refractivity contribution is 5.88. The van der Waals surface area contributed by atoms with Crippen LogP contribution in [0.15, 0.2) is 60.9 Å². The highest BCUT2D eigenvalue weighted by Gasteiger charge is 2.57. The van der Waals surface area contributed by atoms with Crippen molar-refractivity contribution in [3.8, 4) is 33.6 Å². The second kappa shape index (κ2) is 14.8. The number of benzene rings is 2. The number of methoxy groups -OCH3 is 2. The zero-order valence-corrected chi connectivity index (χ0v) is 32.6. The highest BCUT2D eigenvalue weighted by atomic mass is 16.5. The van der Waals surface area contributed by atoms with E-state index in [4.69, 9.17) is 19.4 Å². The number of aromatic amines is 2. The maximum absolute atomic E-state index is 13.8. The number of imidazole rings is 2. The molecule has 4 amide bonds. The maximum Gasteiger partial charge on any atom is 0.407 e. The minimum atomic E-state index is -0.676. The van der Waals surface area contributed by atoms with Gasteiger partial charge in [-0.25, -0.2) is 19.6 Å². The first-order chi connectivity index (χ1) is 26.9. The van der Waals surface area contributed by atoms with E-state index in [2.05, 4.69) is 69.1 Å². The molecule has 294 valence electrons. The second-order valence-corrected chi connectivity index (χ2v) is 16.4. The lowest BCUT2D eigenvalue weighted by Gasteiger charge is -2.31. The normalized spacial score (nSPS) is 24.4. The van der Waals surface area contributed by atoms with E-state index in [1.54, 1.807) is 0 Å². The number of nitrogens with zero attached hydrogens (tertiary/aromatic N) is 4. The summed E-state index contributed by atoms with van der Waals surface area (Å²) in [5, 5.41) is 5.47. The van der Waals surface area contributed by atoms with Gasteiger partial charge in [-0.3, -0.25) is 9.59 Å². The summed E-state index contributed by atoms with van der Waals surface area (Å²) >= 11 is 0. The summed E-state index contributed by atoms with van der Waals surface area (Å²) in [4.78, 5) is 71.9. The van der Waals surface area contributed by atoms with E-state index in [0.717, 1.165) is 71.0 Å². The number of hydrogen-bond acceptors (Lipinski definition) is 8. The monoisotopic (exact) mass is 762 g/mol. The van der Waals surface area contributed by atoms with Crippen molar-refractivity contribution in [1.29, 1.82) is 0 Å². The average Bonchev–Trinajstić information content (AvgIpc) is 3.79. The Kier molecular flexibility index (Phi) is 9.83. The third-order valence-corrected chi connectivity index (χ3v) is 12.0. The fourth-order valence-electron chi connectivity index (χ4n) is 8.74. The third kappa shape index (κ3) is 7.01. The van der Waals surface area contributed by atoms with Crippen molar-refractivity contribution in [2.24, 2.45) is 23.7 Å². The van der Waals surface area contributed by atoms with Crippen LogP contribution < -0.4 is 10.6 Å². The number of ether oxygens (including phenoxy) is 2. The van der Waals surface area contributed by atoms with Crippen molar-refractivity contribution >= 4 is 24.0 Å². The molecule has 2 aromatic heterocycles. The van der Waals surface area contributed by atoms with E-state index >= 15 is 0 Å². The third-order valence-electron chi connectivity index (χ3n) is 12.0. The van der Waals surface area contributed by atoms with Gasteiger partial charge in [-0.1, -0.05) is 76.2 Å². The van der Waals surface area contributed by atoms with Gasteiger partial charge in [0.1, 0.15) is 23.7 Å². The number of fused-ring (bicyclic) bond motifs is 2. The summed E-state index contributed by atoms with van der Waals surface area (Å²) < 4.78 is 9.58. The zero-order valence-electron chi connectivity index (χ0n) is 32.6. The number of alkyl carbamates (subject to hydrolysis) is 2. The van der Waals surface area contributed by atoms with Crippen molar-refractivity contribution in [3.05, 3.63) is 72.6 Å². The van der Waals surface area contributed by atoms with Crippen LogP contribution in [0.5, 0.6) is 0 Å². The van der Waals surface area contributed by atoms with Gasteiger partial charge in [0, 0.05) is 12.1 Å². The molecule has 2 saturated heterocycles. The quantitative estimate of drug-likeness (QED) is 0.139. The molecule has 4 N–H and O–H groups in total. The largest absolute Gasteiger partial charge is 0.453 e. The van der Waals surface area contributed by atoms with Crippen LogP contribution in [0.25, 0.3) is 33.6 Å². The number of nitrogens with one attached hydrogen (secondary N) is 4. The van der Waals surface area contributed by atoms with Crippen LogP contribution in [-0.2, 0) is 19.1 Å². The first kappa shape index (κ1) is 37.3. The molecule has 4 aromatic rings. The molecule has 2 aromatic carbocycles. The van der Waals surface area contributed by atoms with Gasteiger partial charge >= 0.3 is 12.2 Å². The molecule has 56 heavy (non-hydrogen) atoms. The van der Waals surface area contributed by atoms with E-state index in [-0.39, 0.29) is 47.8 Å². The van der Waals surface area contributed by atoms with Crippen molar-refractivity contribution in [2.75, 3.05) is 14.2 Å². The SMILES string of the molecule is COC(=O)NC(C(=O)N1[C@@H]2C[C@@H]2C[C@H]1c1ncc(-c2ccc(-c3ccc(-c4cnc([C@@H]5C[C@H]6C[C@H]6N5C(=O)C(NC(=O)OC)C(C)C)[nH]4)cc3)cc2)[nH]1)C(C)C. The molecule has 0 bridgehead atoms. The van der Waals surface area contributed by atoms with Crippen molar-refractivity contribution in [3.63, 3.8) is 0 Å². The topological polar surface area (TPSA) is 175 Å². The van der Waals surface area contributed by atoms with E-state index in [9.17, 15) is 19.2 Å². The first-order valence-corrected chi connectivity index (χ1v) is 19.6. The Hall–Kier alpha value is -5.66. The number of hydrogen-bond donors (Lipinski definition) is 4. The van der Waals surface area contributed by atoms with Crippen LogP contribution in [-0.4, -0.2) is 92.1 Å². The van der Waals surface area contributed by atoms with Crippen LogP contribution >= 0.6 is 0 Å². The van der Waals surface area contributed by atoms with E-state index in [1.807, 2.05) is 49.9 Å². The summed E-state index contributed by atoms with van der Waals surface area (Å²) in [6.07, 6.45) is 6.06. The van der Waals surface area contributed by atoms with Gasteiger partial charge < -0.3 is 39.9 Å². The molecular weight excluding hydrogens is 713 g/mol. The predicted molar refractivity (Wildman–Crippen MR) is 208 cm³/mol. The Morgan fingerprint density at radius 2 is 0.964 bits per heavy atom. The lowest BCUT2D eigenvalue weighted by molar-refractivity contribution is -0.137. The molecule has 4 heterocycles. The van der Waals surface area contributed by atoms with E-state index < -0.39 is 24.3 Å². The Morgan fingerprint density at radius 3 is 1.30 bits per heavy atom. The van der Waals surface area contributed by atoms with Crippen molar-refractivity contribution in [2.45, 2.75) is 89.6 Å². The Labute approximate surface area is 326 Å². The summed E-state index contributed by atoms with van der Waals surface area (Å²) in [6, 6.07) is 15.2. The molecule has 0 spiro atoms. The van der Waals surface area contributed by atoms with E-state index in [1.165, 1.54) is 14.2 Å². The molecule has 4 fully saturated rings. The highest BCUT2D eigenvalue weighted by Crippen LogP contribution is 2.54. The van der Waals surface area contributed by atoms with Gasteiger partial charge in [-0.15, -0.1) is 0 Å². The molecule has 0 radical (unpaired) electrons. The lowest BCUT2D eigenvalue weighted by Crippen LogP contribution is -2.52. The van der Waals surface area contributed by atoms with Crippen LogP contribution in [0.4, 0.5) is 9.59 Å². The first-order valence-electron chi connectivity index (χ1n) is 19.6. The molecule has 8 rings (SSSR count). The number of rotatable bonds is 11. The summed E-state index contributed by atoms with van der Waals surface area (Å²) in [7, 11) is 2.60. The Bertz CT molecular complexity index is 1960. The number of H-pyrrole nitrogens is 2. The maximum atomic E-state index is 13.8. The van der Waals surface area contributed by atoms with Crippen LogP contribution in [0.2, 0.25) is 0 Å². The number of amides is 4. The van der Waals surface area contributed by atoms with Crippen molar-refractivity contribution in [1.82, 2.24) is 40.4 Å². The number of aromatic nitrogens is 4. The summed E-state index contributed by atoms with van der Waals surface area (Å²) in [5.41, 5.74) is 5.85. The van der Waals surface area contributed by atoms with Crippen LogP contribution in [0, 0.1) is 23.7 Å². The Balaban J connectivity index is 0.931. The fourth-order valence-corrected chi connectivity index (χ4v) is 8.74. The minimum Gasteiger partial charge on any atom is -0.453 e. The molecule has 4 aliphatic rings. The molecule has 2 aliphatic heterocycles. The molecule has 2 aliphatic carbocycles. The lowest BCUT2D eigenvalue weighted by atomic mass is 10.0. The number of piperidine rings is 2. The zero-order chi connectivity index (χ0) is 39.4. The van der Waals surface area contributed by atoms with Gasteiger partial charge in [-0.2, -0.15) is 0 Å². The second-order valence-electron chi connectivity index (χ2n) is 16.4. The predicted octanol–water partition coefficient (Wildman–Crippen LogP) is 6.22. The molecule has 2 saturated carbocycles. The molecular formula is C42H50N8O6. The summed E-state index contributed by atoms with van der Waals surface area (Å²) in [6.45, 7) is 7.67. The molecule has 8 atom stereocenters. The van der Waals surface area contributed by atoms with Gasteiger partial charge in [0.2, 0.25) is 11.8 Å². The van der Waals surface area contributed by atoms with Gasteiger partial charge in [-0.05, 0) is 71.6 Å². The Morgan fingerprint density at radius 1 is 0.607 bits per heavy atom. The van der Waals surface area contributed by atoms with Crippen LogP contribution in [0.1, 0.15) is 77.1 Å². The standard InChI is InChI=1S/C42H50N8O6/c1-21(2)35(47-41(53)55-5)39(51)49-31-15-27(31)17-33(49)37-43-19-29(45-37)25-11-7-23(8-12-25)24-9-13-26(14-10-24)30-20-44-38(46-30)34-18-28-16-32(28)50(34)40(52)36(22(3)4)48-42(54)56-6/h7-14,19-22,27-28,31-36H,15-18H2,1-6H3,(H,43,45)(H,44,46)(H,47,53)(H,48,54)/t27-,28-,31-,32-,33+,34+,35?,36?/m1/s1. The van der Waals surface area contributed by atoms with Gasteiger partial charge in [0.25, 0.3) is 0 Å². The van der Waals surface area contributed by atoms with Gasteiger partial charge in [0.05, 0.1) is 50.1 Å². The van der Waals surface area contributed by atoms with Gasteiger partial charge in [0.15, 0.2) is 0 Å².